The standard InChI is InChI=1S/C23H27F4N7O2/c1-4-15(35)31-20-18(26)16(24)14(17(25)19(20)27)9-28-23-33-22(30-12-5-7-36-8-6-12)32-21-13(11(2)3)10-29-34(21)23/h10-12H,4-9H2,1-3H3,(H,31,35)(H2,28,30,32,33). The van der Waals surface area contributed by atoms with Crippen molar-refractivity contribution in [2.24, 2.45) is 0 Å². The third-order valence-electron chi connectivity index (χ3n) is 5.93. The third kappa shape index (κ3) is 5.06. The molecule has 194 valence electrons. The number of halogens is 4. The van der Waals surface area contributed by atoms with E-state index in [1.807, 2.05) is 19.2 Å². The highest BCUT2D eigenvalue weighted by Crippen LogP contribution is 2.29. The van der Waals surface area contributed by atoms with Crippen LogP contribution in [0.2, 0.25) is 0 Å². The molecule has 0 atom stereocenters. The maximum Gasteiger partial charge on any atom is 0.229 e. The van der Waals surface area contributed by atoms with E-state index < -0.39 is 47.0 Å². The number of fused-ring (bicyclic) bond motifs is 1. The number of hydrogen-bond donors (Lipinski definition) is 3. The molecule has 1 aliphatic heterocycles. The Kier molecular flexibility index (Phi) is 7.57. The maximum atomic E-state index is 14.7. The van der Waals surface area contributed by atoms with Crippen LogP contribution < -0.4 is 16.0 Å². The summed E-state index contributed by atoms with van der Waals surface area (Å²) < 4.78 is 65.2. The van der Waals surface area contributed by atoms with Gasteiger partial charge in [-0.25, -0.2) is 17.6 Å². The van der Waals surface area contributed by atoms with Gasteiger partial charge in [-0.1, -0.05) is 20.8 Å². The first-order chi connectivity index (χ1) is 17.2. The van der Waals surface area contributed by atoms with Gasteiger partial charge in [-0.2, -0.15) is 19.6 Å². The predicted molar refractivity (Wildman–Crippen MR) is 125 cm³/mol. The molecular formula is C23H27F4N7O2. The molecule has 0 aliphatic carbocycles. The van der Waals surface area contributed by atoms with Gasteiger partial charge in [0.1, 0.15) is 5.69 Å². The largest absolute Gasteiger partial charge is 0.381 e. The van der Waals surface area contributed by atoms with Gasteiger partial charge in [0, 0.05) is 43.3 Å². The first-order valence-electron chi connectivity index (χ1n) is 11.7. The Bertz CT molecular complexity index is 1250. The molecule has 1 aliphatic rings. The van der Waals surface area contributed by atoms with Crippen LogP contribution in [0.4, 0.5) is 35.1 Å². The smallest absolute Gasteiger partial charge is 0.229 e. The van der Waals surface area contributed by atoms with Gasteiger partial charge in [-0.3, -0.25) is 4.79 Å². The van der Waals surface area contributed by atoms with E-state index >= 15 is 0 Å². The van der Waals surface area contributed by atoms with E-state index in [1.165, 1.54) is 11.4 Å². The van der Waals surface area contributed by atoms with E-state index in [2.05, 4.69) is 25.7 Å². The summed E-state index contributed by atoms with van der Waals surface area (Å²) in [6.45, 7) is 5.91. The molecule has 9 nitrogen and oxygen atoms in total. The average molecular weight is 510 g/mol. The van der Waals surface area contributed by atoms with Crippen molar-refractivity contribution in [3.8, 4) is 0 Å². The van der Waals surface area contributed by atoms with Crippen LogP contribution in [0.1, 0.15) is 57.1 Å². The van der Waals surface area contributed by atoms with Crippen LogP contribution in [0.3, 0.4) is 0 Å². The molecule has 2 aromatic heterocycles. The predicted octanol–water partition coefficient (Wildman–Crippen LogP) is 4.36. The molecule has 1 amide bonds. The molecule has 0 unspecified atom stereocenters. The zero-order valence-electron chi connectivity index (χ0n) is 20.1. The second-order valence-electron chi connectivity index (χ2n) is 8.76. The van der Waals surface area contributed by atoms with Gasteiger partial charge in [-0.15, -0.1) is 0 Å². The summed E-state index contributed by atoms with van der Waals surface area (Å²) in [7, 11) is 0. The molecule has 3 aromatic rings. The van der Waals surface area contributed by atoms with E-state index in [1.54, 1.807) is 6.20 Å². The van der Waals surface area contributed by atoms with Gasteiger partial charge >= 0.3 is 0 Å². The number of carbonyl (C=O) groups excluding carboxylic acids is 1. The minimum Gasteiger partial charge on any atom is -0.381 e. The van der Waals surface area contributed by atoms with Gasteiger partial charge in [-0.05, 0) is 18.8 Å². The van der Waals surface area contributed by atoms with Crippen molar-refractivity contribution in [3.05, 3.63) is 40.6 Å². The fourth-order valence-corrected chi connectivity index (χ4v) is 3.84. The van der Waals surface area contributed by atoms with Crippen LogP contribution >= 0.6 is 0 Å². The summed E-state index contributed by atoms with van der Waals surface area (Å²) in [5.74, 6) is -6.99. The molecule has 1 fully saturated rings. The number of carbonyl (C=O) groups is 1. The van der Waals surface area contributed by atoms with Crippen LogP contribution in [0.15, 0.2) is 6.20 Å². The van der Waals surface area contributed by atoms with Gasteiger partial charge in [0.2, 0.25) is 17.8 Å². The lowest BCUT2D eigenvalue weighted by molar-refractivity contribution is -0.115. The Hall–Kier alpha value is -3.48. The minimum atomic E-state index is -1.69. The van der Waals surface area contributed by atoms with Gasteiger partial charge < -0.3 is 20.7 Å². The van der Waals surface area contributed by atoms with E-state index in [0.717, 1.165) is 18.4 Å². The number of hydrogen-bond acceptors (Lipinski definition) is 7. The topological polar surface area (TPSA) is 105 Å². The van der Waals surface area contributed by atoms with Crippen molar-refractivity contribution in [1.29, 1.82) is 0 Å². The van der Waals surface area contributed by atoms with Crippen LogP contribution in [-0.2, 0) is 16.1 Å². The van der Waals surface area contributed by atoms with Gasteiger partial charge in [0.15, 0.2) is 28.9 Å². The second kappa shape index (κ2) is 10.6. The molecule has 1 aromatic carbocycles. The number of anilines is 3. The normalized spacial score (nSPS) is 14.4. The number of nitrogens with zero attached hydrogens (tertiary/aromatic N) is 4. The van der Waals surface area contributed by atoms with Crippen molar-refractivity contribution < 1.29 is 27.1 Å². The van der Waals surface area contributed by atoms with Crippen molar-refractivity contribution in [2.75, 3.05) is 29.2 Å². The second-order valence-corrected chi connectivity index (χ2v) is 8.76. The summed E-state index contributed by atoms with van der Waals surface area (Å²) >= 11 is 0. The number of amides is 1. The molecular weight excluding hydrogens is 482 g/mol. The molecule has 13 heteroatoms. The molecule has 3 heterocycles. The zero-order chi connectivity index (χ0) is 26.0. The molecule has 0 bridgehead atoms. The summed E-state index contributed by atoms with van der Waals surface area (Å²) in [5.41, 5.74) is -0.753. The zero-order valence-corrected chi connectivity index (χ0v) is 20.1. The lowest BCUT2D eigenvalue weighted by Crippen LogP contribution is -2.29. The van der Waals surface area contributed by atoms with Crippen LogP contribution in [0, 0.1) is 23.3 Å². The van der Waals surface area contributed by atoms with E-state index in [9.17, 15) is 22.4 Å². The number of benzene rings is 1. The molecule has 0 spiro atoms. The van der Waals surface area contributed by atoms with E-state index in [0.29, 0.717) is 18.9 Å². The van der Waals surface area contributed by atoms with Crippen LogP contribution in [-0.4, -0.2) is 44.7 Å². The number of ether oxygens (including phenoxy) is 1. The quantitative estimate of drug-likeness (QED) is 0.306. The maximum absolute atomic E-state index is 14.7. The lowest BCUT2D eigenvalue weighted by Gasteiger charge is -2.23. The van der Waals surface area contributed by atoms with Crippen molar-refractivity contribution in [3.63, 3.8) is 0 Å². The minimum absolute atomic E-state index is 0.0726. The number of aromatic nitrogens is 4. The average Bonchev–Trinajstić information content (AvgIpc) is 3.30. The summed E-state index contributed by atoms with van der Waals surface area (Å²) in [5, 5.41) is 12.1. The molecule has 0 radical (unpaired) electrons. The highest BCUT2D eigenvalue weighted by molar-refractivity contribution is 5.90. The fourth-order valence-electron chi connectivity index (χ4n) is 3.84. The van der Waals surface area contributed by atoms with E-state index in [4.69, 9.17) is 4.74 Å². The molecule has 3 N–H and O–H groups in total. The Morgan fingerprint density at radius 2 is 1.78 bits per heavy atom. The van der Waals surface area contributed by atoms with Crippen molar-refractivity contribution in [2.45, 2.75) is 58.5 Å². The molecule has 1 saturated heterocycles. The summed E-state index contributed by atoms with van der Waals surface area (Å²) in [6, 6.07) is 0.0726. The Balaban J connectivity index is 1.67. The highest BCUT2D eigenvalue weighted by Gasteiger charge is 2.27. The number of rotatable bonds is 8. The fraction of sp³-hybridized carbons (Fsp3) is 0.478. The van der Waals surface area contributed by atoms with Crippen molar-refractivity contribution >= 4 is 29.1 Å². The first kappa shape index (κ1) is 25.6. The van der Waals surface area contributed by atoms with Crippen LogP contribution in [0.25, 0.3) is 5.65 Å². The SMILES string of the molecule is CCC(=O)Nc1c(F)c(F)c(CNc2nc(NC3CCOCC3)nc3c(C(C)C)cnn23)c(F)c1F. The molecule has 0 saturated carbocycles. The molecule has 4 rings (SSSR count). The Morgan fingerprint density at radius 3 is 2.39 bits per heavy atom. The Labute approximate surface area is 204 Å². The summed E-state index contributed by atoms with van der Waals surface area (Å²) in [4.78, 5) is 20.5. The van der Waals surface area contributed by atoms with Crippen molar-refractivity contribution in [1.82, 2.24) is 19.6 Å². The lowest BCUT2D eigenvalue weighted by atomic mass is 10.1. The highest BCUT2D eigenvalue weighted by atomic mass is 19.2. The monoisotopic (exact) mass is 509 g/mol. The first-order valence-corrected chi connectivity index (χ1v) is 11.7. The van der Waals surface area contributed by atoms with E-state index in [-0.39, 0.29) is 30.3 Å². The summed E-state index contributed by atoms with van der Waals surface area (Å²) in [6.07, 6.45) is 3.00. The van der Waals surface area contributed by atoms with Gasteiger partial charge in [0.05, 0.1) is 6.20 Å². The molecule has 36 heavy (non-hydrogen) atoms. The number of nitrogens with one attached hydrogen (secondary N) is 3. The third-order valence-corrected chi connectivity index (χ3v) is 5.93. The Morgan fingerprint density at radius 1 is 1.11 bits per heavy atom. The van der Waals surface area contributed by atoms with Crippen LogP contribution in [0.5, 0.6) is 0 Å². The van der Waals surface area contributed by atoms with Gasteiger partial charge in [0.25, 0.3) is 0 Å².